The fourth-order valence-electron chi connectivity index (χ4n) is 6.17. The molecule has 0 bridgehead atoms. The molecule has 0 spiro atoms. The van der Waals surface area contributed by atoms with Gasteiger partial charge in [0.2, 0.25) is 11.9 Å². The van der Waals surface area contributed by atoms with Gasteiger partial charge in [-0.3, -0.25) is 14.5 Å². The lowest BCUT2D eigenvalue weighted by molar-refractivity contribution is -0.276. The maximum absolute atomic E-state index is 12.8. The quantitative estimate of drug-likeness (QED) is 0.233. The Bertz CT molecular complexity index is 1640. The maximum Gasteiger partial charge on any atom is 0.228 e. The lowest BCUT2D eigenvalue weighted by Gasteiger charge is -2.44. The number of rotatable bonds is 10. The number of aliphatic hydroxyl groups excluding tert-OH is 1. The normalized spacial score (nSPS) is 21.7. The highest BCUT2D eigenvalue weighted by molar-refractivity contribution is 5.97. The second-order valence-electron chi connectivity index (χ2n) is 12.3. The van der Waals surface area contributed by atoms with Crippen LogP contribution in [0, 0.1) is 5.92 Å². The van der Waals surface area contributed by atoms with E-state index in [1.807, 2.05) is 54.6 Å². The number of aliphatic hydroxyl groups is 1. The number of Topliss-reactive ketones (excluding diaryl/α,β-unsaturated/α-hetero) is 1. The Labute approximate surface area is 275 Å². The van der Waals surface area contributed by atoms with Crippen LogP contribution in [0.1, 0.15) is 58.9 Å². The smallest absolute Gasteiger partial charge is 0.228 e. The number of carbonyl (C=O) groups excluding carboxylic acids is 2. The average molecular weight is 636 g/mol. The molecule has 4 atom stereocenters. The molecule has 1 aromatic heterocycles. The standard InChI is InChI=1S/C37H41N5O5/c1-25-33(23-41-17-19-42(20-18-41)37-38-15-4-16-39-37)46-36(47-35(25)29-11-9-28(24-43)10-12-29)30-13-7-27(8-14-30)21-34(45)40-32-6-3-5-31(22-32)26(2)44/h3-16,22,25,33,35-36,43H,17-21,23-24H2,1-2H3,(H,40,45). The molecule has 3 heterocycles. The van der Waals surface area contributed by atoms with Crippen LogP contribution in [0.3, 0.4) is 0 Å². The van der Waals surface area contributed by atoms with Gasteiger partial charge in [0.1, 0.15) is 0 Å². The fourth-order valence-corrected chi connectivity index (χ4v) is 6.17. The van der Waals surface area contributed by atoms with Crippen LogP contribution in [0.2, 0.25) is 0 Å². The van der Waals surface area contributed by atoms with Crippen LogP contribution in [0.4, 0.5) is 11.6 Å². The summed E-state index contributed by atoms with van der Waals surface area (Å²) in [5.74, 6) is 0.622. The van der Waals surface area contributed by atoms with Gasteiger partial charge in [0.15, 0.2) is 12.1 Å². The third-order valence-electron chi connectivity index (χ3n) is 8.94. The van der Waals surface area contributed by atoms with Crippen molar-refractivity contribution in [2.24, 2.45) is 5.92 Å². The van der Waals surface area contributed by atoms with Crippen LogP contribution in [0.15, 0.2) is 91.3 Å². The first kappa shape index (κ1) is 32.5. The van der Waals surface area contributed by atoms with Crippen molar-refractivity contribution >= 4 is 23.3 Å². The number of nitrogens with zero attached hydrogens (tertiary/aromatic N) is 4. The molecule has 2 aliphatic rings. The number of hydrogen-bond acceptors (Lipinski definition) is 9. The van der Waals surface area contributed by atoms with E-state index in [0.29, 0.717) is 11.3 Å². The molecule has 3 aromatic carbocycles. The highest BCUT2D eigenvalue weighted by Gasteiger charge is 2.39. The Morgan fingerprint density at radius 3 is 2.23 bits per heavy atom. The van der Waals surface area contributed by atoms with Crippen molar-refractivity contribution < 1.29 is 24.2 Å². The van der Waals surface area contributed by atoms with Crippen molar-refractivity contribution in [3.63, 3.8) is 0 Å². The van der Waals surface area contributed by atoms with Gasteiger partial charge in [-0.2, -0.15) is 0 Å². The Morgan fingerprint density at radius 2 is 1.55 bits per heavy atom. The zero-order valence-corrected chi connectivity index (χ0v) is 26.8. The molecule has 1 amide bonds. The maximum atomic E-state index is 12.8. The van der Waals surface area contributed by atoms with Gasteiger partial charge in [0.05, 0.1) is 25.2 Å². The Kier molecular flexibility index (Phi) is 10.3. The summed E-state index contributed by atoms with van der Waals surface area (Å²) < 4.78 is 13.3. The number of aromatic nitrogens is 2. The molecule has 6 rings (SSSR count). The second-order valence-corrected chi connectivity index (χ2v) is 12.3. The molecule has 2 saturated heterocycles. The fraction of sp³-hybridized carbons (Fsp3) is 0.351. The largest absolute Gasteiger partial charge is 0.392 e. The van der Waals surface area contributed by atoms with Crippen LogP contribution in [0.5, 0.6) is 0 Å². The van der Waals surface area contributed by atoms with Crippen molar-refractivity contribution in [1.29, 1.82) is 0 Å². The molecule has 2 fully saturated rings. The highest BCUT2D eigenvalue weighted by Crippen LogP contribution is 2.42. The average Bonchev–Trinajstić information content (AvgIpc) is 3.10. The summed E-state index contributed by atoms with van der Waals surface area (Å²) in [5.41, 5.74) is 4.78. The number of anilines is 2. The van der Waals surface area contributed by atoms with Gasteiger partial charge in [-0.15, -0.1) is 0 Å². The number of benzene rings is 3. The molecular formula is C37H41N5O5. The van der Waals surface area contributed by atoms with Crippen LogP contribution in [-0.4, -0.2) is 70.5 Å². The van der Waals surface area contributed by atoms with E-state index in [9.17, 15) is 14.7 Å². The summed E-state index contributed by atoms with van der Waals surface area (Å²) in [7, 11) is 0. The first-order chi connectivity index (χ1) is 22.9. The number of carbonyl (C=O) groups is 2. The van der Waals surface area contributed by atoms with Crippen molar-refractivity contribution in [2.75, 3.05) is 42.9 Å². The van der Waals surface area contributed by atoms with Gasteiger partial charge in [-0.25, -0.2) is 9.97 Å². The van der Waals surface area contributed by atoms with Gasteiger partial charge in [0, 0.05) is 67.8 Å². The number of piperazine rings is 1. The number of nitrogens with one attached hydrogen (secondary N) is 1. The van der Waals surface area contributed by atoms with E-state index in [0.717, 1.165) is 60.9 Å². The molecule has 0 aliphatic carbocycles. The topological polar surface area (TPSA) is 117 Å². The molecule has 4 unspecified atom stereocenters. The SMILES string of the molecule is CC(=O)c1cccc(NC(=O)Cc2ccc(C3OC(CN4CCN(c5ncccn5)CC4)C(C)C(c4ccc(CO)cc4)O3)cc2)c1. The Hall–Kier alpha value is -4.48. The lowest BCUT2D eigenvalue weighted by atomic mass is 9.90. The Balaban J connectivity index is 1.14. The first-order valence-corrected chi connectivity index (χ1v) is 16.1. The summed E-state index contributed by atoms with van der Waals surface area (Å²) in [6, 6.07) is 24.5. The molecule has 2 aliphatic heterocycles. The molecule has 10 heteroatoms. The summed E-state index contributed by atoms with van der Waals surface area (Å²) in [6.45, 7) is 7.87. The van der Waals surface area contributed by atoms with Crippen LogP contribution < -0.4 is 10.2 Å². The van der Waals surface area contributed by atoms with Gasteiger partial charge in [-0.1, -0.05) is 67.6 Å². The molecule has 244 valence electrons. The number of amides is 1. The molecule has 47 heavy (non-hydrogen) atoms. The van der Waals surface area contributed by atoms with Crippen LogP contribution in [-0.2, 0) is 27.3 Å². The summed E-state index contributed by atoms with van der Waals surface area (Å²) in [4.78, 5) is 38.0. The van der Waals surface area contributed by atoms with Crippen molar-refractivity contribution in [3.8, 4) is 0 Å². The molecule has 10 nitrogen and oxygen atoms in total. The van der Waals surface area contributed by atoms with E-state index in [1.54, 1.807) is 36.7 Å². The van der Waals surface area contributed by atoms with Crippen LogP contribution >= 0.6 is 0 Å². The summed E-state index contributed by atoms with van der Waals surface area (Å²) in [6.07, 6.45) is 2.86. The molecule has 0 saturated carbocycles. The predicted octanol–water partition coefficient (Wildman–Crippen LogP) is 4.97. The highest BCUT2D eigenvalue weighted by atomic mass is 16.7. The minimum absolute atomic E-state index is 0.00904. The number of ketones is 1. The van der Waals surface area contributed by atoms with Gasteiger partial charge in [-0.05, 0) is 41.8 Å². The van der Waals surface area contributed by atoms with E-state index in [-0.39, 0.29) is 42.8 Å². The van der Waals surface area contributed by atoms with Gasteiger partial charge < -0.3 is 24.8 Å². The van der Waals surface area contributed by atoms with Gasteiger partial charge in [0.25, 0.3) is 0 Å². The summed E-state index contributed by atoms with van der Waals surface area (Å²) in [5, 5.41) is 12.5. The van der Waals surface area contributed by atoms with E-state index in [4.69, 9.17) is 9.47 Å². The van der Waals surface area contributed by atoms with E-state index < -0.39 is 6.29 Å². The number of ether oxygens (including phenoxy) is 2. The third kappa shape index (κ3) is 8.09. The van der Waals surface area contributed by atoms with Crippen molar-refractivity contribution in [2.45, 2.75) is 45.4 Å². The van der Waals surface area contributed by atoms with Crippen molar-refractivity contribution in [1.82, 2.24) is 14.9 Å². The second kappa shape index (κ2) is 15.0. The zero-order chi connectivity index (χ0) is 32.8. The Morgan fingerprint density at radius 1 is 0.872 bits per heavy atom. The van der Waals surface area contributed by atoms with Crippen molar-refractivity contribution in [3.05, 3.63) is 119 Å². The molecule has 2 N–H and O–H groups in total. The monoisotopic (exact) mass is 635 g/mol. The first-order valence-electron chi connectivity index (χ1n) is 16.1. The third-order valence-corrected chi connectivity index (χ3v) is 8.94. The number of hydrogen-bond donors (Lipinski definition) is 2. The minimum atomic E-state index is -0.588. The summed E-state index contributed by atoms with van der Waals surface area (Å²) >= 11 is 0. The van der Waals surface area contributed by atoms with E-state index in [2.05, 4.69) is 32.0 Å². The van der Waals surface area contributed by atoms with E-state index in [1.165, 1.54) is 6.92 Å². The predicted molar refractivity (Wildman–Crippen MR) is 179 cm³/mol. The minimum Gasteiger partial charge on any atom is -0.392 e. The molecule has 0 radical (unpaired) electrons. The van der Waals surface area contributed by atoms with Gasteiger partial charge >= 0.3 is 0 Å². The zero-order valence-electron chi connectivity index (χ0n) is 26.8. The van der Waals surface area contributed by atoms with E-state index >= 15 is 0 Å². The lowest BCUT2D eigenvalue weighted by Crippen LogP contribution is -2.51. The molecular weight excluding hydrogens is 594 g/mol. The van der Waals surface area contributed by atoms with Crippen LogP contribution in [0.25, 0.3) is 0 Å². The molecule has 4 aromatic rings.